The Morgan fingerprint density at radius 2 is 2.18 bits per heavy atom. The molecule has 0 spiro atoms. The van der Waals surface area contributed by atoms with Gasteiger partial charge in [0.2, 0.25) is 5.91 Å². The van der Waals surface area contributed by atoms with Gasteiger partial charge in [-0.05, 0) is 26.2 Å². The highest BCUT2D eigenvalue weighted by Gasteiger charge is 2.26. The Balaban J connectivity index is 2.39. The van der Waals surface area contributed by atoms with E-state index >= 15 is 0 Å². The lowest BCUT2D eigenvalue weighted by atomic mass is 9.92. The van der Waals surface area contributed by atoms with E-state index < -0.39 is 0 Å². The normalized spacial score (nSPS) is 20.6. The Kier molecular flexibility index (Phi) is 2.82. The van der Waals surface area contributed by atoms with Crippen LogP contribution >= 0.6 is 12.6 Å². The van der Waals surface area contributed by atoms with Gasteiger partial charge in [-0.3, -0.25) is 4.79 Å². The molecule has 0 aromatic rings. The summed E-state index contributed by atoms with van der Waals surface area (Å²) in [6.07, 6.45) is 3.61. The standard InChI is InChI=1S/C8H15NOS/c1-6(11)8(10)9(2)7-4-3-5-7/h6-7,11H,3-5H2,1-2H3. The molecule has 1 atom stereocenters. The summed E-state index contributed by atoms with van der Waals surface area (Å²) in [5.41, 5.74) is 0. The van der Waals surface area contributed by atoms with Crippen LogP contribution < -0.4 is 0 Å². The van der Waals surface area contributed by atoms with Crippen molar-refractivity contribution < 1.29 is 4.79 Å². The predicted molar refractivity (Wildman–Crippen MR) is 48.9 cm³/mol. The van der Waals surface area contributed by atoms with Crippen LogP contribution in [0.3, 0.4) is 0 Å². The van der Waals surface area contributed by atoms with Crippen LogP contribution in [-0.2, 0) is 4.79 Å². The Bertz CT molecular complexity index is 154. The lowest BCUT2D eigenvalue weighted by Gasteiger charge is -2.35. The third-order valence-electron chi connectivity index (χ3n) is 2.33. The molecule has 64 valence electrons. The average Bonchev–Trinajstić information content (AvgIpc) is 1.82. The second kappa shape index (κ2) is 3.48. The van der Waals surface area contributed by atoms with Gasteiger partial charge in [-0.25, -0.2) is 0 Å². The zero-order valence-corrected chi connectivity index (χ0v) is 7.97. The molecule has 1 aliphatic carbocycles. The number of hydrogen-bond donors (Lipinski definition) is 1. The third-order valence-corrected chi connectivity index (χ3v) is 2.55. The van der Waals surface area contributed by atoms with Gasteiger partial charge in [-0.1, -0.05) is 0 Å². The van der Waals surface area contributed by atoms with Gasteiger partial charge in [0, 0.05) is 13.1 Å². The summed E-state index contributed by atoms with van der Waals surface area (Å²) < 4.78 is 0. The van der Waals surface area contributed by atoms with Crippen molar-refractivity contribution in [1.29, 1.82) is 0 Å². The fourth-order valence-corrected chi connectivity index (χ4v) is 1.43. The minimum absolute atomic E-state index is 0.151. The molecule has 1 aliphatic rings. The third kappa shape index (κ3) is 1.89. The van der Waals surface area contributed by atoms with Crippen LogP contribution in [-0.4, -0.2) is 29.1 Å². The predicted octanol–water partition coefficient (Wildman–Crippen LogP) is 1.32. The van der Waals surface area contributed by atoms with Crippen LogP contribution in [0.1, 0.15) is 26.2 Å². The van der Waals surface area contributed by atoms with Crippen LogP contribution in [0.5, 0.6) is 0 Å². The number of rotatable bonds is 2. The van der Waals surface area contributed by atoms with Gasteiger partial charge in [0.25, 0.3) is 0 Å². The minimum atomic E-state index is -0.152. The number of carbonyl (C=O) groups is 1. The molecule has 0 aromatic carbocycles. The first-order valence-corrected chi connectivity index (χ1v) is 4.59. The molecule has 3 heteroatoms. The minimum Gasteiger partial charge on any atom is -0.342 e. The Morgan fingerprint density at radius 3 is 2.45 bits per heavy atom. The van der Waals surface area contributed by atoms with Crippen molar-refractivity contribution in [2.24, 2.45) is 0 Å². The van der Waals surface area contributed by atoms with Crippen LogP contribution in [0.2, 0.25) is 0 Å². The molecule has 0 aromatic heterocycles. The second-order valence-electron chi connectivity index (χ2n) is 3.21. The maximum Gasteiger partial charge on any atom is 0.235 e. The van der Waals surface area contributed by atoms with Crippen molar-refractivity contribution in [1.82, 2.24) is 4.90 Å². The van der Waals surface area contributed by atoms with Gasteiger partial charge in [0.1, 0.15) is 0 Å². The largest absolute Gasteiger partial charge is 0.342 e. The van der Waals surface area contributed by atoms with Crippen LogP contribution in [0.25, 0.3) is 0 Å². The zero-order chi connectivity index (χ0) is 8.43. The summed E-state index contributed by atoms with van der Waals surface area (Å²) in [6.45, 7) is 1.82. The molecule has 0 radical (unpaired) electrons. The first-order valence-electron chi connectivity index (χ1n) is 4.07. The number of thiol groups is 1. The van der Waals surface area contributed by atoms with E-state index in [-0.39, 0.29) is 11.2 Å². The van der Waals surface area contributed by atoms with Gasteiger partial charge < -0.3 is 4.90 Å². The number of hydrogen-bond acceptors (Lipinski definition) is 2. The topological polar surface area (TPSA) is 20.3 Å². The maximum atomic E-state index is 11.3. The fourth-order valence-electron chi connectivity index (χ4n) is 1.25. The van der Waals surface area contributed by atoms with E-state index in [1.54, 1.807) is 0 Å². The van der Waals surface area contributed by atoms with Crippen molar-refractivity contribution in [3.8, 4) is 0 Å². The lowest BCUT2D eigenvalue weighted by molar-refractivity contribution is -0.132. The van der Waals surface area contributed by atoms with E-state index in [0.29, 0.717) is 6.04 Å². The smallest absolute Gasteiger partial charge is 0.235 e. The highest BCUT2D eigenvalue weighted by Crippen LogP contribution is 2.24. The SMILES string of the molecule is CC(S)C(=O)N(C)C1CCC1. The molecule has 0 N–H and O–H groups in total. The monoisotopic (exact) mass is 173 g/mol. The summed E-state index contributed by atoms with van der Waals surface area (Å²) in [6, 6.07) is 0.497. The van der Waals surface area contributed by atoms with E-state index in [4.69, 9.17) is 0 Å². The summed E-state index contributed by atoms with van der Waals surface area (Å²) >= 11 is 4.10. The lowest BCUT2D eigenvalue weighted by Crippen LogP contribution is -2.44. The molecular weight excluding hydrogens is 158 g/mol. The summed E-state index contributed by atoms with van der Waals surface area (Å²) in [4.78, 5) is 13.2. The number of amides is 1. The molecule has 0 bridgehead atoms. The Hall–Kier alpha value is -0.180. The maximum absolute atomic E-state index is 11.3. The van der Waals surface area contributed by atoms with E-state index in [2.05, 4.69) is 12.6 Å². The zero-order valence-electron chi connectivity index (χ0n) is 7.08. The summed E-state index contributed by atoms with van der Waals surface area (Å²) in [5, 5.41) is -0.152. The molecule has 1 rings (SSSR count). The molecular formula is C8H15NOS. The van der Waals surface area contributed by atoms with E-state index in [0.717, 1.165) is 0 Å². The van der Waals surface area contributed by atoms with Crippen molar-refractivity contribution >= 4 is 18.5 Å². The molecule has 0 saturated heterocycles. The highest BCUT2D eigenvalue weighted by atomic mass is 32.1. The highest BCUT2D eigenvalue weighted by molar-refractivity contribution is 7.81. The van der Waals surface area contributed by atoms with Crippen molar-refractivity contribution in [3.63, 3.8) is 0 Å². The first-order chi connectivity index (χ1) is 5.13. The fraction of sp³-hybridized carbons (Fsp3) is 0.875. The summed E-state index contributed by atoms with van der Waals surface area (Å²) in [7, 11) is 1.87. The van der Waals surface area contributed by atoms with Gasteiger partial charge >= 0.3 is 0 Å². The number of carbonyl (C=O) groups excluding carboxylic acids is 1. The van der Waals surface area contributed by atoms with Crippen molar-refractivity contribution in [3.05, 3.63) is 0 Å². The van der Waals surface area contributed by atoms with E-state index in [9.17, 15) is 4.79 Å². The molecule has 1 amide bonds. The number of nitrogens with zero attached hydrogens (tertiary/aromatic N) is 1. The van der Waals surface area contributed by atoms with Gasteiger partial charge in [0.05, 0.1) is 5.25 Å². The van der Waals surface area contributed by atoms with Crippen molar-refractivity contribution in [2.45, 2.75) is 37.5 Å². The first kappa shape index (κ1) is 8.91. The average molecular weight is 173 g/mol. The van der Waals surface area contributed by atoms with Gasteiger partial charge in [-0.15, -0.1) is 0 Å². The molecule has 0 heterocycles. The van der Waals surface area contributed by atoms with Crippen LogP contribution in [0, 0.1) is 0 Å². The molecule has 1 saturated carbocycles. The van der Waals surface area contributed by atoms with E-state index in [1.165, 1.54) is 19.3 Å². The quantitative estimate of drug-likeness (QED) is 0.624. The molecule has 2 nitrogen and oxygen atoms in total. The molecule has 11 heavy (non-hydrogen) atoms. The Morgan fingerprint density at radius 1 is 1.64 bits per heavy atom. The van der Waals surface area contributed by atoms with Crippen LogP contribution in [0.4, 0.5) is 0 Å². The van der Waals surface area contributed by atoms with Gasteiger partial charge in [0.15, 0.2) is 0 Å². The molecule has 1 unspecified atom stereocenters. The molecule has 1 fully saturated rings. The van der Waals surface area contributed by atoms with Crippen LogP contribution in [0.15, 0.2) is 0 Å². The molecule has 0 aliphatic heterocycles. The Labute approximate surface area is 73.4 Å². The van der Waals surface area contributed by atoms with Crippen molar-refractivity contribution in [2.75, 3.05) is 7.05 Å². The van der Waals surface area contributed by atoms with E-state index in [1.807, 2.05) is 18.9 Å². The second-order valence-corrected chi connectivity index (χ2v) is 3.98. The summed E-state index contributed by atoms with van der Waals surface area (Å²) in [5.74, 6) is 0.151. The van der Waals surface area contributed by atoms with Gasteiger partial charge in [-0.2, -0.15) is 12.6 Å².